The smallest absolute Gasteiger partial charge is 0.305 e. The largest absolute Gasteiger partial charge is 0.469 e. The van der Waals surface area contributed by atoms with Crippen LogP contribution in [0.1, 0.15) is 17.8 Å². The van der Waals surface area contributed by atoms with Crippen LogP contribution in [0.3, 0.4) is 0 Å². The summed E-state index contributed by atoms with van der Waals surface area (Å²) in [5.41, 5.74) is 1.60. The lowest BCUT2D eigenvalue weighted by atomic mass is 10.2. The van der Waals surface area contributed by atoms with Gasteiger partial charge in [-0.15, -0.1) is 0 Å². The van der Waals surface area contributed by atoms with Gasteiger partial charge in [-0.05, 0) is 12.1 Å². The van der Waals surface area contributed by atoms with Crippen molar-refractivity contribution < 1.29 is 9.53 Å². The zero-order valence-corrected chi connectivity index (χ0v) is 9.09. The van der Waals surface area contributed by atoms with Gasteiger partial charge in [-0.3, -0.25) is 9.78 Å². The quantitative estimate of drug-likeness (QED) is 0.348. The molecule has 0 aliphatic carbocycles. The second-order valence-electron chi connectivity index (χ2n) is 3.11. The third kappa shape index (κ3) is 4.04. The van der Waals surface area contributed by atoms with Gasteiger partial charge in [0.15, 0.2) is 0 Å². The van der Waals surface area contributed by atoms with Gasteiger partial charge >= 0.3 is 5.97 Å². The molecule has 0 aromatic carbocycles. The number of rotatable bonds is 5. The number of nitrogens with two attached hydrogens (primary N) is 1. The van der Waals surface area contributed by atoms with Crippen LogP contribution in [-0.2, 0) is 22.5 Å². The standard InChI is InChI=1S/C10H14N4O2/c1-16-10(15)6-5-8-3-2-4-9(13-8)7-12-14-11/h2-4H,5-7H2,1H3,(H2,11,12). The van der Waals surface area contributed by atoms with Crippen LogP contribution in [0.5, 0.6) is 0 Å². The van der Waals surface area contributed by atoms with E-state index in [0.717, 1.165) is 11.4 Å². The Kier molecular flexibility index (Phi) is 4.91. The maximum Gasteiger partial charge on any atom is 0.305 e. The number of pyridine rings is 1. The van der Waals surface area contributed by atoms with Gasteiger partial charge in [0, 0.05) is 12.1 Å². The number of ether oxygens (including phenoxy) is 1. The minimum atomic E-state index is -0.242. The second-order valence-corrected chi connectivity index (χ2v) is 3.11. The molecule has 0 amide bonds. The SMILES string of the molecule is COC(=O)CCc1cccc(CN=NN)n1. The fraction of sp³-hybridized carbons (Fsp3) is 0.400. The van der Waals surface area contributed by atoms with E-state index in [1.165, 1.54) is 7.11 Å². The van der Waals surface area contributed by atoms with Crippen LogP contribution >= 0.6 is 0 Å². The van der Waals surface area contributed by atoms with Crippen molar-refractivity contribution in [1.29, 1.82) is 0 Å². The van der Waals surface area contributed by atoms with E-state index in [1.54, 1.807) is 0 Å². The third-order valence-corrected chi connectivity index (χ3v) is 1.99. The van der Waals surface area contributed by atoms with Gasteiger partial charge in [0.05, 0.1) is 19.2 Å². The summed E-state index contributed by atoms with van der Waals surface area (Å²) in [6, 6.07) is 5.54. The first-order valence-electron chi connectivity index (χ1n) is 4.84. The molecule has 16 heavy (non-hydrogen) atoms. The highest BCUT2D eigenvalue weighted by atomic mass is 16.5. The van der Waals surface area contributed by atoms with Crippen LogP contribution in [0.4, 0.5) is 0 Å². The molecule has 0 radical (unpaired) electrons. The number of methoxy groups -OCH3 is 1. The van der Waals surface area contributed by atoms with Gasteiger partial charge in [0.1, 0.15) is 6.54 Å². The van der Waals surface area contributed by atoms with E-state index in [0.29, 0.717) is 19.4 Å². The number of esters is 1. The van der Waals surface area contributed by atoms with Crippen LogP contribution in [0.15, 0.2) is 28.5 Å². The van der Waals surface area contributed by atoms with Crippen LogP contribution in [0.25, 0.3) is 0 Å². The molecule has 0 atom stereocenters. The number of carbonyl (C=O) groups is 1. The molecule has 0 aliphatic rings. The Labute approximate surface area is 93.5 Å². The van der Waals surface area contributed by atoms with E-state index in [-0.39, 0.29) is 5.97 Å². The van der Waals surface area contributed by atoms with Crippen molar-refractivity contribution >= 4 is 5.97 Å². The Morgan fingerprint density at radius 1 is 1.50 bits per heavy atom. The Balaban J connectivity index is 2.56. The molecule has 1 heterocycles. The number of hydrogen-bond donors (Lipinski definition) is 1. The second kappa shape index (κ2) is 6.49. The van der Waals surface area contributed by atoms with E-state index in [4.69, 9.17) is 5.84 Å². The lowest BCUT2D eigenvalue weighted by Crippen LogP contribution is -2.03. The molecule has 1 aromatic heterocycles. The summed E-state index contributed by atoms with van der Waals surface area (Å²) >= 11 is 0. The van der Waals surface area contributed by atoms with Crippen LogP contribution in [0, 0.1) is 0 Å². The minimum absolute atomic E-state index is 0.242. The summed E-state index contributed by atoms with van der Waals surface area (Å²) in [6.45, 7) is 0.350. The molecule has 0 saturated carbocycles. The molecule has 1 aromatic rings. The first-order chi connectivity index (χ1) is 7.76. The number of aromatic nitrogens is 1. The normalized spacial score (nSPS) is 10.6. The Bertz CT molecular complexity index is 379. The highest BCUT2D eigenvalue weighted by molar-refractivity contribution is 5.69. The summed E-state index contributed by atoms with van der Waals surface area (Å²) in [5, 5.41) is 6.80. The Morgan fingerprint density at radius 3 is 2.94 bits per heavy atom. The lowest BCUT2D eigenvalue weighted by Gasteiger charge is -2.01. The summed E-state index contributed by atoms with van der Waals surface area (Å²) in [6.07, 6.45) is 0.881. The maximum atomic E-state index is 10.9. The molecular formula is C10H14N4O2. The van der Waals surface area contributed by atoms with Gasteiger partial charge in [-0.1, -0.05) is 11.3 Å². The average Bonchev–Trinajstić information content (AvgIpc) is 2.34. The summed E-state index contributed by atoms with van der Waals surface area (Å²) in [7, 11) is 1.37. The van der Waals surface area contributed by atoms with Crippen LogP contribution in [0.2, 0.25) is 0 Å². The van der Waals surface area contributed by atoms with Crippen molar-refractivity contribution in [3.8, 4) is 0 Å². The van der Waals surface area contributed by atoms with Crippen molar-refractivity contribution in [3.05, 3.63) is 29.6 Å². The van der Waals surface area contributed by atoms with E-state index in [9.17, 15) is 4.79 Å². The highest BCUT2D eigenvalue weighted by Crippen LogP contribution is 2.04. The molecule has 6 heteroatoms. The maximum absolute atomic E-state index is 10.9. The monoisotopic (exact) mass is 222 g/mol. The highest BCUT2D eigenvalue weighted by Gasteiger charge is 2.03. The molecular weight excluding hydrogens is 208 g/mol. The number of hydrogen-bond acceptors (Lipinski definition) is 5. The van der Waals surface area contributed by atoms with E-state index in [2.05, 4.69) is 20.1 Å². The molecule has 1 rings (SSSR count). The number of nitrogens with zero attached hydrogens (tertiary/aromatic N) is 3. The van der Waals surface area contributed by atoms with E-state index in [1.807, 2.05) is 18.2 Å². The lowest BCUT2D eigenvalue weighted by molar-refractivity contribution is -0.140. The van der Waals surface area contributed by atoms with E-state index < -0.39 is 0 Å². The van der Waals surface area contributed by atoms with Crippen LogP contribution in [-0.4, -0.2) is 18.1 Å². The third-order valence-electron chi connectivity index (χ3n) is 1.99. The van der Waals surface area contributed by atoms with Gasteiger partial charge in [0.25, 0.3) is 0 Å². The zero-order chi connectivity index (χ0) is 11.8. The predicted molar refractivity (Wildman–Crippen MR) is 57.3 cm³/mol. The Morgan fingerprint density at radius 2 is 2.25 bits per heavy atom. The predicted octanol–water partition coefficient (Wildman–Crippen LogP) is 1.01. The van der Waals surface area contributed by atoms with Crippen molar-refractivity contribution in [1.82, 2.24) is 4.98 Å². The summed E-state index contributed by atoms with van der Waals surface area (Å²) in [5.74, 6) is 4.66. The van der Waals surface area contributed by atoms with Crippen molar-refractivity contribution in [3.63, 3.8) is 0 Å². The average molecular weight is 222 g/mol. The summed E-state index contributed by atoms with van der Waals surface area (Å²) < 4.78 is 4.55. The Hall–Kier alpha value is -1.98. The fourth-order valence-electron chi connectivity index (χ4n) is 1.20. The van der Waals surface area contributed by atoms with Crippen molar-refractivity contribution in [2.24, 2.45) is 16.2 Å². The molecule has 0 spiro atoms. The minimum Gasteiger partial charge on any atom is -0.469 e. The number of carbonyl (C=O) groups excluding carboxylic acids is 1. The summed E-state index contributed by atoms with van der Waals surface area (Å²) in [4.78, 5) is 15.2. The zero-order valence-electron chi connectivity index (χ0n) is 9.09. The van der Waals surface area contributed by atoms with Crippen molar-refractivity contribution in [2.45, 2.75) is 19.4 Å². The topological polar surface area (TPSA) is 89.9 Å². The van der Waals surface area contributed by atoms with Gasteiger partial charge < -0.3 is 10.6 Å². The molecule has 6 nitrogen and oxygen atoms in total. The molecule has 0 aliphatic heterocycles. The molecule has 0 saturated heterocycles. The van der Waals surface area contributed by atoms with Gasteiger partial charge in [-0.25, -0.2) is 0 Å². The first kappa shape index (κ1) is 12.1. The molecule has 0 fully saturated rings. The molecule has 0 unspecified atom stereocenters. The fourth-order valence-corrected chi connectivity index (χ4v) is 1.20. The van der Waals surface area contributed by atoms with Gasteiger partial charge in [-0.2, -0.15) is 5.11 Å². The van der Waals surface area contributed by atoms with Crippen molar-refractivity contribution in [2.75, 3.05) is 7.11 Å². The molecule has 2 N–H and O–H groups in total. The van der Waals surface area contributed by atoms with Crippen LogP contribution < -0.4 is 5.84 Å². The molecule has 86 valence electrons. The number of aryl methyl sites for hydroxylation is 1. The first-order valence-corrected chi connectivity index (χ1v) is 4.84. The molecule has 0 bridgehead atoms. The van der Waals surface area contributed by atoms with E-state index >= 15 is 0 Å². The van der Waals surface area contributed by atoms with Gasteiger partial charge in [0.2, 0.25) is 0 Å².